The molecule has 3 N–H and O–H groups in total. The molecule has 1 saturated heterocycles. The molecule has 24 heavy (non-hydrogen) atoms. The fraction of sp³-hybridized carbons (Fsp3) is 0.588. The molecule has 1 amide bonds. The number of nitrogens with one attached hydrogen (secondary N) is 1. The average molecular weight is 378 g/mol. The summed E-state index contributed by atoms with van der Waals surface area (Å²) in [6.07, 6.45) is 2.36. The lowest BCUT2D eigenvalue weighted by molar-refractivity contribution is -0.123. The zero-order chi connectivity index (χ0) is 17.0. The first kappa shape index (κ1) is 21.2. The van der Waals surface area contributed by atoms with E-state index in [1.807, 2.05) is 13.0 Å². The number of likely N-dealkylation sites (tertiary alicyclic amines) is 1. The Morgan fingerprint density at radius 3 is 2.79 bits per heavy atom. The number of carbonyl (C=O) groups excluding carboxylic acids is 1. The Morgan fingerprint density at radius 2 is 2.21 bits per heavy atom. The number of halogens is 3. The van der Waals surface area contributed by atoms with Crippen molar-refractivity contribution < 1.29 is 9.18 Å². The van der Waals surface area contributed by atoms with E-state index < -0.39 is 11.9 Å². The second kappa shape index (κ2) is 9.56. The molecular weight excluding hydrogens is 352 g/mol. The number of hydrogen-bond acceptors (Lipinski definition) is 3. The van der Waals surface area contributed by atoms with Gasteiger partial charge in [-0.05, 0) is 37.1 Å². The summed E-state index contributed by atoms with van der Waals surface area (Å²) in [5, 5.41) is 3.16. The molecule has 4 nitrogen and oxygen atoms in total. The Bertz CT molecular complexity index is 559. The van der Waals surface area contributed by atoms with Crippen LogP contribution in [0.5, 0.6) is 0 Å². The Kier molecular flexibility index (Phi) is 8.43. The Balaban J connectivity index is 0.00000288. The van der Waals surface area contributed by atoms with E-state index in [4.69, 9.17) is 17.3 Å². The third-order valence-corrected chi connectivity index (χ3v) is 4.76. The van der Waals surface area contributed by atoms with Gasteiger partial charge in [0, 0.05) is 12.6 Å². The van der Waals surface area contributed by atoms with Crippen LogP contribution in [0.2, 0.25) is 5.02 Å². The van der Waals surface area contributed by atoms with Gasteiger partial charge in [-0.1, -0.05) is 37.9 Å². The lowest BCUT2D eigenvalue weighted by Crippen LogP contribution is -2.47. The molecule has 7 heteroatoms. The molecule has 3 unspecified atom stereocenters. The van der Waals surface area contributed by atoms with Crippen LogP contribution in [0.3, 0.4) is 0 Å². The van der Waals surface area contributed by atoms with Gasteiger partial charge in [0.15, 0.2) is 0 Å². The maximum Gasteiger partial charge on any atom is 0.237 e. The van der Waals surface area contributed by atoms with Crippen molar-refractivity contribution in [2.24, 2.45) is 5.73 Å². The highest BCUT2D eigenvalue weighted by molar-refractivity contribution is 6.30. The van der Waals surface area contributed by atoms with Gasteiger partial charge >= 0.3 is 0 Å². The molecular formula is C17H26Cl2FN3O. The molecule has 1 heterocycles. The van der Waals surface area contributed by atoms with Crippen molar-refractivity contribution in [3.63, 3.8) is 0 Å². The average Bonchev–Trinajstić information content (AvgIpc) is 2.93. The highest BCUT2D eigenvalue weighted by atomic mass is 35.5. The lowest BCUT2D eigenvalue weighted by atomic mass is 9.99. The fourth-order valence-electron chi connectivity index (χ4n) is 3.23. The molecule has 0 radical (unpaired) electrons. The van der Waals surface area contributed by atoms with E-state index in [2.05, 4.69) is 17.1 Å². The zero-order valence-electron chi connectivity index (χ0n) is 14.1. The second-order valence-electron chi connectivity index (χ2n) is 6.05. The third kappa shape index (κ3) is 4.82. The van der Waals surface area contributed by atoms with Gasteiger partial charge in [0.25, 0.3) is 0 Å². The first-order chi connectivity index (χ1) is 11.0. The molecule has 0 bridgehead atoms. The van der Waals surface area contributed by atoms with E-state index >= 15 is 0 Å². The van der Waals surface area contributed by atoms with Crippen LogP contribution in [0.15, 0.2) is 18.2 Å². The van der Waals surface area contributed by atoms with Crippen LogP contribution in [0.25, 0.3) is 0 Å². The largest absolute Gasteiger partial charge is 0.350 e. The van der Waals surface area contributed by atoms with Gasteiger partial charge in [-0.3, -0.25) is 9.69 Å². The lowest BCUT2D eigenvalue weighted by Gasteiger charge is -2.29. The van der Waals surface area contributed by atoms with Gasteiger partial charge in [-0.2, -0.15) is 0 Å². The van der Waals surface area contributed by atoms with Gasteiger partial charge in [0.2, 0.25) is 5.91 Å². The predicted octanol–water partition coefficient (Wildman–Crippen LogP) is 3.28. The molecule has 2 rings (SSSR count). The predicted molar refractivity (Wildman–Crippen MR) is 98.1 cm³/mol. The number of nitrogens with zero attached hydrogens (tertiary/aromatic N) is 1. The molecule has 0 saturated carbocycles. The molecule has 1 aliphatic heterocycles. The summed E-state index contributed by atoms with van der Waals surface area (Å²) in [4.78, 5) is 14.5. The van der Waals surface area contributed by atoms with Gasteiger partial charge in [0.05, 0.1) is 17.1 Å². The number of nitrogens with two attached hydrogens (primary N) is 1. The van der Waals surface area contributed by atoms with Crippen LogP contribution in [-0.4, -0.2) is 36.0 Å². The molecule has 1 aromatic carbocycles. The van der Waals surface area contributed by atoms with Crippen LogP contribution >= 0.6 is 24.0 Å². The van der Waals surface area contributed by atoms with Crippen LogP contribution in [-0.2, 0) is 4.79 Å². The summed E-state index contributed by atoms with van der Waals surface area (Å²) < 4.78 is 13.8. The van der Waals surface area contributed by atoms with Gasteiger partial charge in [-0.25, -0.2) is 4.39 Å². The SMILES string of the molecule is CCCC(N)C(=O)NC1CCN(CC)C1c1ccc(Cl)c(F)c1.Cl. The van der Waals surface area contributed by atoms with Crippen molar-refractivity contribution in [2.75, 3.05) is 13.1 Å². The van der Waals surface area contributed by atoms with E-state index in [9.17, 15) is 9.18 Å². The van der Waals surface area contributed by atoms with E-state index in [0.29, 0.717) is 6.42 Å². The van der Waals surface area contributed by atoms with Crippen molar-refractivity contribution in [3.8, 4) is 0 Å². The van der Waals surface area contributed by atoms with Crippen molar-refractivity contribution >= 4 is 29.9 Å². The fourth-order valence-corrected chi connectivity index (χ4v) is 3.35. The van der Waals surface area contributed by atoms with Crippen LogP contribution in [0.4, 0.5) is 4.39 Å². The minimum Gasteiger partial charge on any atom is -0.350 e. The highest BCUT2D eigenvalue weighted by Gasteiger charge is 2.36. The number of amides is 1. The summed E-state index contributed by atoms with van der Waals surface area (Å²) in [5.41, 5.74) is 6.73. The molecule has 1 aromatic rings. The van der Waals surface area contributed by atoms with E-state index in [-0.39, 0.29) is 35.4 Å². The smallest absolute Gasteiger partial charge is 0.237 e. The van der Waals surface area contributed by atoms with Gasteiger partial charge < -0.3 is 11.1 Å². The number of benzene rings is 1. The van der Waals surface area contributed by atoms with Crippen molar-refractivity contribution in [1.29, 1.82) is 0 Å². The number of hydrogen-bond donors (Lipinski definition) is 2. The van der Waals surface area contributed by atoms with E-state index in [1.165, 1.54) is 6.07 Å². The minimum absolute atomic E-state index is 0. The summed E-state index contributed by atoms with van der Waals surface area (Å²) in [6, 6.07) is 4.26. The summed E-state index contributed by atoms with van der Waals surface area (Å²) in [7, 11) is 0. The molecule has 136 valence electrons. The number of rotatable bonds is 6. The monoisotopic (exact) mass is 377 g/mol. The van der Waals surface area contributed by atoms with Crippen LogP contribution in [0.1, 0.15) is 44.7 Å². The summed E-state index contributed by atoms with van der Waals surface area (Å²) in [6.45, 7) is 5.76. The Labute approximate surface area is 154 Å². The first-order valence-corrected chi connectivity index (χ1v) is 8.60. The second-order valence-corrected chi connectivity index (χ2v) is 6.45. The Hall–Kier alpha value is -0.880. The van der Waals surface area contributed by atoms with Gasteiger partial charge in [-0.15, -0.1) is 12.4 Å². The molecule has 0 aromatic heterocycles. The Morgan fingerprint density at radius 1 is 1.50 bits per heavy atom. The molecule has 1 fully saturated rings. The van der Waals surface area contributed by atoms with E-state index in [0.717, 1.165) is 31.5 Å². The standard InChI is InChI=1S/C17H25ClFN3O.ClH/c1-3-5-14(20)17(23)21-15-8-9-22(4-2)16(15)11-6-7-12(18)13(19)10-11;/h6-7,10,14-16H,3-5,8-9,20H2,1-2H3,(H,21,23);1H. The highest BCUT2D eigenvalue weighted by Crippen LogP contribution is 2.33. The summed E-state index contributed by atoms with van der Waals surface area (Å²) in [5.74, 6) is -0.561. The molecule has 1 aliphatic rings. The number of carbonyl (C=O) groups is 1. The zero-order valence-corrected chi connectivity index (χ0v) is 15.7. The quantitative estimate of drug-likeness (QED) is 0.799. The van der Waals surface area contributed by atoms with Crippen molar-refractivity contribution in [2.45, 2.75) is 51.2 Å². The molecule has 0 spiro atoms. The first-order valence-electron chi connectivity index (χ1n) is 8.22. The maximum atomic E-state index is 13.8. The van der Waals surface area contributed by atoms with Crippen molar-refractivity contribution in [3.05, 3.63) is 34.6 Å². The molecule has 0 aliphatic carbocycles. The van der Waals surface area contributed by atoms with Crippen LogP contribution < -0.4 is 11.1 Å². The third-order valence-electron chi connectivity index (χ3n) is 4.46. The topological polar surface area (TPSA) is 58.4 Å². The van der Waals surface area contributed by atoms with E-state index in [1.54, 1.807) is 6.07 Å². The molecule has 3 atom stereocenters. The normalized spacial score (nSPS) is 22.0. The minimum atomic E-state index is -0.488. The van der Waals surface area contributed by atoms with Gasteiger partial charge in [0.1, 0.15) is 5.82 Å². The maximum absolute atomic E-state index is 13.8. The van der Waals surface area contributed by atoms with Crippen molar-refractivity contribution in [1.82, 2.24) is 10.2 Å². The number of likely N-dealkylation sites (N-methyl/N-ethyl adjacent to an activating group) is 1. The van der Waals surface area contributed by atoms with Crippen LogP contribution in [0, 0.1) is 5.82 Å². The summed E-state index contributed by atoms with van der Waals surface area (Å²) >= 11 is 5.78.